The molecular formula is C13H20ClN3O. The molecule has 1 aromatic heterocycles. The Balaban J connectivity index is 0.00000162. The Morgan fingerprint density at radius 2 is 2.00 bits per heavy atom. The number of carbonyl (C=O) groups excluding carboxylic acids is 1. The normalized spacial score (nSPS) is 17.6. The van der Waals surface area contributed by atoms with E-state index in [0.717, 1.165) is 12.8 Å². The smallest absolute Gasteiger partial charge is 0.270 e. The molecule has 100 valence electrons. The molecule has 1 aliphatic rings. The summed E-state index contributed by atoms with van der Waals surface area (Å²) in [4.78, 5) is 16.1. The molecule has 4 nitrogen and oxygen atoms in total. The molecule has 3 N–H and O–H groups in total. The van der Waals surface area contributed by atoms with Crippen molar-refractivity contribution in [1.29, 1.82) is 0 Å². The number of nitrogens with one attached hydrogen (secondary N) is 1. The number of aromatic nitrogens is 1. The molecule has 1 aromatic rings. The van der Waals surface area contributed by atoms with Crippen molar-refractivity contribution in [3.8, 4) is 0 Å². The molecule has 1 amide bonds. The van der Waals surface area contributed by atoms with E-state index in [0.29, 0.717) is 11.5 Å². The van der Waals surface area contributed by atoms with Gasteiger partial charge in [-0.3, -0.25) is 4.79 Å². The van der Waals surface area contributed by atoms with Gasteiger partial charge in [-0.15, -0.1) is 12.4 Å². The van der Waals surface area contributed by atoms with Gasteiger partial charge >= 0.3 is 0 Å². The van der Waals surface area contributed by atoms with E-state index in [4.69, 9.17) is 5.73 Å². The van der Waals surface area contributed by atoms with Crippen molar-refractivity contribution in [2.24, 2.45) is 0 Å². The zero-order valence-corrected chi connectivity index (χ0v) is 11.4. The highest BCUT2D eigenvalue weighted by Gasteiger charge is 2.28. The molecule has 1 fully saturated rings. The monoisotopic (exact) mass is 269 g/mol. The van der Waals surface area contributed by atoms with Crippen molar-refractivity contribution in [3.05, 3.63) is 23.9 Å². The Labute approximate surface area is 114 Å². The van der Waals surface area contributed by atoms with Gasteiger partial charge in [0.1, 0.15) is 11.5 Å². The van der Waals surface area contributed by atoms with Gasteiger partial charge in [0.05, 0.1) is 0 Å². The van der Waals surface area contributed by atoms with Crippen LogP contribution >= 0.6 is 12.4 Å². The Morgan fingerprint density at radius 3 is 2.61 bits per heavy atom. The number of nitrogen functional groups attached to an aromatic ring is 1. The van der Waals surface area contributed by atoms with E-state index < -0.39 is 0 Å². The predicted octanol–water partition coefficient (Wildman–Crippen LogP) is 2.54. The standard InChI is InChI=1S/C13H19N3O.ClH/c1-13(8-3-2-4-9-13)16-12(17)10-6-5-7-11(14)15-10;/h5-7H,2-4,8-9H2,1H3,(H2,14,15)(H,16,17);1H. The van der Waals surface area contributed by atoms with Crippen molar-refractivity contribution in [2.75, 3.05) is 5.73 Å². The number of hydrogen-bond acceptors (Lipinski definition) is 3. The van der Waals surface area contributed by atoms with Gasteiger partial charge in [-0.05, 0) is 31.9 Å². The molecule has 0 radical (unpaired) electrons. The minimum absolute atomic E-state index is 0. The van der Waals surface area contributed by atoms with E-state index in [9.17, 15) is 4.79 Å². The molecule has 18 heavy (non-hydrogen) atoms. The first-order chi connectivity index (χ1) is 8.09. The third kappa shape index (κ3) is 3.60. The zero-order valence-electron chi connectivity index (χ0n) is 10.6. The van der Waals surface area contributed by atoms with Crippen molar-refractivity contribution < 1.29 is 4.79 Å². The van der Waals surface area contributed by atoms with Gasteiger partial charge in [0.2, 0.25) is 0 Å². The average molecular weight is 270 g/mol. The number of pyridine rings is 1. The summed E-state index contributed by atoms with van der Waals surface area (Å²) in [5, 5.41) is 3.08. The van der Waals surface area contributed by atoms with Crippen LogP contribution in [0, 0.1) is 0 Å². The Morgan fingerprint density at radius 1 is 1.33 bits per heavy atom. The average Bonchev–Trinajstić information content (AvgIpc) is 2.29. The van der Waals surface area contributed by atoms with Crippen LogP contribution in [0.1, 0.15) is 49.5 Å². The van der Waals surface area contributed by atoms with Crippen molar-refractivity contribution in [1.82, 2.24) is 10.3 Å². The highest BCUT2D eigenvalue weighted by Crippen LogP contribution is 2.27. The lowest BCUT2D eigenvalue weighted by molar-refractivity contribution is 0.0877. The number of nitrogens with two attached hydrogens (primary N) is 1. The van der Waals surface area contributed by atoms with E-state index in [1.807, 2.05) is 0 Å². The predicted molar refractivity (Wildman–Crippen MR) is 74.9 cm³/mol. The first-order valence-corrected chi connectivity index (χ1v) is 6.14. The number of anilines is 1. The number of hydrogen-bond donors (Lipinski definition) is 2. The molecule has 2 rings (SSSR count). The van der Waals surface area contributed by atoms with Crippen LogP contribution < -0.4 is 11.1 Å². The molecule has 0 aromatic carbocycles. The van der Waals surface area contributed by atoms with Gasteiger partial charge in [0.15, 0.2) is 0 Å². The third-order valence-corrected chi connectivity index (χ3v) is 3.38. The molecule has 0 saturated heterocycles. The lowest BCUT2D eigenvalue weighted by Crippen LogP contribution is -2.47. The number of nitrogens with zero attached hydrogens (tertiary/aromatic N) is 1. The fraction of sp³-hybridized carbons (Fsp3) is 0.538. The Kier molecular flexibility index (Phi) is 4.96. The van der Waals surface area contributed by atoms with Crippen LogP contribution in [0.3, 0.4) is 0 Å². The summed E-state index contributed by atoms with van der Waals surface area (Å²) < 4.78 is 0. The van der Waals surface area contributed by atoms with E-state index in [2.05, 4.69) is 17.2 Å². The summed E-state index contributed by atoms with van der Waals surface area (Å²) in [5.74, 6) is 0.258. The van der Waals surface area contributed by atoms with Crippen molar-refractivity contribution in [2.45, 2.75) is 44.6 Å². The molecule has 0 spiro atoms. The van der Waals surface area contributed by atoms with Crippen LogP contribution in [0.4, 0.5) is 5.82 Å². The van der Waals surface area contributed by atoms with Gasteiger partial charge < -0.3 is 11.1 Å². The summed E-state index contributed by atoms with van der Waals surface area (Å²) in [6, 6.07) is 5.12. The highest BCUT2D eigenvalue weighted by atomic mass is 35.5. The largest absolute Gasteiger partial charge is 0.384 e. The molecular weight excluding hydrogens is 250 g/mol. The number of carbonyl (C=O) groups is 1. The van der Waals surface area contributed by atoms with E-state index in [1.54, 1.807) is 18.2 Å². The molecule has 0 bridgehead atoms. The highest BCUT2D eigenvalue weighted by molar-refractivity contribution is 5.93. The van der Waals surface area contributed by atoms with Crippen LogP contribution in [0.25, 0.3) is 0 Å². The topological polar surface area (TPSA) is 68.0 Å². The third-order valence-electron chi connectivity index (χ3n) is 3.38. The molecule has 0 aliphatic heterocycles. The van der Waals surface area contributed by atoms with Gasteiger partial charge in [-0.2, -0.15) is 0 Å². The summed E-state index contributed by atoms with van der Waals surface area (Å²) in [6.07, 6.45) is 5.71. The number of amides is 1. The lowest BCUT2D eigenvalue weighted by Gasteiger charge is -2.34. The summed E-state index contributed by atoms with van der Waals surface area (Å²) in [6.45, 7) is 2.11. The van der Waals surface area contributed by atoms with E-state index in [-0.39, 0.29) is 23.9 Å². The van der Waals surface area contributed by atoms with Crippen LogP contribution in [0.15, 0.2) is 18.2 Å². The minimum atomic E-state index is -0.123. The second kappa shape index (κ2) is 6.05. The SMILES string of the molecule is CC1(NC(=O)c2cccc(N)n2)CCCCC1.Cl. The maximum absolute atomic E-state index is 12.0. The zero-order chi connectivity index (χ0) is 12.3. The fourth-order valence-electron chi connectivity index (χ4n) is 2.37. The Hall–Kier alpha value is -1.29. The molecule has 0 atom stereocenters. The molecule has 1 aliphatic carbocycles. The maximum Gasteiger partial charge on any atom is 0.270 e. The van der Waals surface area contributed by atoms with Crippen LogP contribution in [-0.2, 0) is 0 Å². The summed E-state index contributed by atoms with van der Waals surface area (Å²) in [7, 11) is 0. The molecule has 1 saturated carbocycles. The first kappa shape index (κ1) is 14.8. The van der Waals surface area contributed by atoms with Gasteiger partial charge in [-0.1, -0.05) is 25.3 Å². The quantitative estimate of drug-likeness (QED) is 0.867. The second-order valence-electron chi connectivity index (χ2n) is 5.02. The van der Waals surface area contributed by atoms with E-state index >= 15 is 0 Å². The van der Waals surface area contributed by atoms with Crippen molar-refractivity contribution >= 4 is 24.1 Å². The van der Waals surface area contributed by atoms with Gasteiger partial charge in [0.25, 0.3) is 5.91 Å². The molecule has 1 heterocycles. The van der Waals surface area contributed by atoms with E-state index in [1.165, 1.54) is 19.3 Å². The van der Waals surface area contributed by atoms with Crippen LogP contribution in [0.2, 0.25) is 0 Å². The number of halogens is 1. The minimum Gasteiger partial charge on any atom is -0.384 e. The second-order valence-corrected chi connectivity index (χ2v) is 5.02. The summed E-state index contributed by atoms with van der Waals surface area (Å²) >= 11 is 0. The molecule has 5 heteroatoms. The lowest BCUT2D eigenvalue weighted by atomic mass is 9.83. The van der Waals surface area contributed by atoms with Crippen LogP contribution in [0.5, 0.6) is 0 Å². The molecule has 0 unspecified atom stereocenters. The van der Waals surface area contributed by atoms with Crippen LogP contribution in [-0.4, -0.2) is 16.4 Å². The number of rotatable bonds is 2. The first-order valence-electron chi connectivity index (χ1n) is 6.14. The van der Waals surface area contributed by atoms with Gasteiger partial charge in [0, 0.05) is 5.54 Å². The van der Waals surface area contributed by atoms with Gasteiger partial charge in [-0.25, -0.2) is 4.98 Å². The fourth-order valence-corrected chi connectivity index (χ4v) is 2.37. The summed E-state index contributed by atoms with van der Waals surface area (Å²) in [5.41, 5.74) is 5.89. The Bertz CT molecular complexity index is 416. The maximum atomic E-state index is 12.0. The van der Waals surface area contributed by atoms with Crippen molar-refractivity contribution in [3.63, 3.8) is 0 Å².